The van der Waals surface area contributed by atoms with Crippen molar-refractivity contribution in [2.75, 3.05) is 18.6 Å². The fourth-order valence-electron chi connectivity index (χ4n) is 3.24. The van der Waals surface area contributed by atoms with Gasteiger partial charge in [-0.25, -0.2) is 0 Å². The summed E-state index contributed by atoms with van der Waals surface area (Å²) in [6.07, 6.45) is 7.55. The monoisotopic (exact) mass is 245 g/mol. The highest BCUT2D eigenvalue weighted by Crippen LogP contribution is 2.50. The Labute approximate surface area is 102 Å². The van der Waals surface area contributed by atoms with Gasteiger partial charge >= 0.3 is 0 Å². The summed E-state index contributed by atoms with van der Waals surface area (Å²) in [5.41, 5.74) is 5.78. The predicted molar refractivity (Wildman–Crippen MR) is 67.6 cm³/mol. The maximum Gasteiger partial charge on any atom is 0.0673 e. The molecular formula is C12H23NO2S. The van der Waals surface area contributed by atoms with Crippen molar-refractivity contribution in [3.8, 4) is 0 Å². The Morgan fingerprint density at radius 3 is 2.88 bits per heavy atom. The van der Waals surface area contributed by atoms with Crippen LogP contribution in [0, 0.1) is 5.41 Å². The second-order valence-electron chi connectivity index (χ2n) is 5.12. The molecule has 3 nitrogen and oxygen atoms in total. The van der Waals surface area contributed by atoms with Crippen LogP contribution < -0.4 is 5.73 Å². The summed E-state index contributed by atoms with van der Waals surface area (Å²) in [4.78, 5) is 0. The van der Waals surface area contributed by atoms with Crippen molar-refractivity contribution < 1.29 is 9.84 Å². The number of hydrogen-bond acceptors (Lipinski definition) is 4. The maximum absolute atomic E-state index is 10.4. The normalized spacial score (nSPS) is 39.2. The van der Waals surface area contributed by atoms with Crippen molar-refractivity contribution in [1.29, 1.82) is 0 Å². The van der Waals surface area contributed by atoms with Crippen LogP contribution in [0.2, 0.25) is 0 Å². The molecule has 2 aliphatic heterocycles. The number of aliphatic hydroxyl groups excluding tert-OH is 1. The van der Waals surface area contributed by atoms with Crippen LogP contribution in [-0.4, -0.2) is 42.0 Å². The van der Waals surface area contributed by atoms with Crippen LogP contribution in [0.3, 0.4) is 0 Å². The number of thioether (sulfide) groups is 1. The molecule has 2 saturated heterocycles. The Morgan fingerprint density at radius 2 is 2.38 bits per heavy atom. The van der Waals surface area contributed by atoms with Gasteiger partial charge in [-0.1, -0.05) is 0 Å². The molecule has 3 N–H and O–H groups in total. The zero-order chi connectivity index (χ0) is 11.6. The molecule has 2 aliphatic rings. The van der Waals surface area contributed by atoms with Gasteiger partial charge < -0.3 is 15.6 Å². The minimum atomic E-state index is -0.278. The van der Waals surface area contributed by atoms with Gasteiger partial charge in [0.1, 0.15) is 0 Å². The Bertz CT molecular complexity index is 239. The van der Waals surface area contributed by atoms with Gasteiger partial charge in [0.25, 0.3) is 0 Å². The molecule has 0 amide bonds. The first-order valence-electron chi connectivity index (χ1n) is 6.25. The highest BCUT2D eigenvalue weighted by Gasteiger charge is 2.54. The second kappa shape index (κ2) is 5.25. The minimum Gasteiger partial charge on any atom is -0.392 e. The number of hydrogen-bond donors (Lipinski definition) is 2. The molecule has 4 heteroatoms. The van der Waals surface area contributed by atoms with E-state index in [0.717, 1.165) is 37.9 Å². The SMILES string of the molecule is CSCCCC(O)C1(CN)CC2CCC1O2. The van der Waals surface area contributed by atoms with E-state index in [1.165, 1.54) is 0 Å². The van der Waals surface area contributed by atoms with Crippen molar-refractivity contribution in [1.82, 2.24) is 0 Å². The number of aliphatic hydroxyl groups is 1. The molecule has 2 rings (SSSR count). The summed E-state index contributed by atoms with van der Waals surface area (Å²) in [7, 11) is 0. The van der Waals surface area contributed by atoms with E-state index in [9.17, 15) is 5.11 Å². The molecule has 16 heavy (non-hydrogen) atoms. The van der Waals surface area contributed by atoms with Crippen molar-refractivity contribution in [2.24, 2.45) is 11.1 Å². The molecule has 94 valence electrons. The van der Waals surface area contributed by atoms with E-state index in [2.05, 4.69) is 6.26 Å². The quantitative estimate of drug-likeness (QED) is 0.694. The molecule has 4 atom stereocenters. The molecular weight excluding hydrogens is 222 g/mol. The lowest BCUT2D eigenvalue weighted by molar-refractivity contribution is -0.0285. The van der Waals surface area contributed by atoms with Gasteiger partial charge in [0.2, 0.25) is 0 Å². The van der Waals surface area contributed by atoms with Crippen molar-refractivity contribution in [2.45, 2.75) is 50.4 Å². The topological polar surface area (TPSA) is 55.5 Å². The Balaban J connectivity index is 1.93. The van der Waals surface area contributed by atoms with Crippen molar-refractivity contribution in [3.05, 3.63) is 0 Å². The van der Waals surface area contributed by atoms with Crippen LogP contribution >= 0.6 is 11.8 Å². The van der Waals surface area contributed by atoms with Crippen LogP contribution in [0.5, 0.6) is 0 Å². The summed E-state index contributed by atoms with van der Waals surface area (Å²) in [6.45, 7) is 0.564. The van der Waals surface area contributed by atoms with E-state index >= 15 is 0 Å². The Kier molecular flexibility index (Phi) is 4.16. The number of nitrogens with two attached hydrogens (primary N) is 1. The van der Waals surface area contributed by atoms with Crippen molar-refractivity contribution in [3.63, 3.8) is 0 Å². The summed E-state index contributed by atoms with van der Waals surface area (Å²) in [5.74, 6) is 1.12. The minimum absolute atomic E-state index is 0.138. The standard InChI is InChI=1S/C12H23NO2S/c1-16-6-2-3-10(14)12(8-13)7-9-4-5-11(12)15-9/h9-11,14H,2-8,13H2,1H3. The summed E-state index contributed by atoms with van der Waals surface area (Å²) in [6, 6.07) is 0. The molecule has 2 bridgehead atoms. The third-order valence-electron chi connectivity index (χ3n) is 4.23. The lowest BCUT2D eigenvalue weighted by Gasteiger charge is -2.38. The summed E-state index contributed by atoms with van der Waals surface area (Å²) >= 11 is 1.83. The van der Waals surface area contributed by atoms with E-state index in [1.807, 2.05) is 11.8 Å². The second-order valence-corrected chi connectivity index (χ2v) is 6.10. The third kappa shape index (κ3) is 2.13. The number of ether oxygens (including phenoxy) is 1. The number of rotatable bonds is 6. The highest BCUT2D eigenvalue weighted by molar-refractivity contribution is 7.98. The van der Waals surface area contributed by atoms with Crippen molar-refractivity contribution >= 4 is 11.8 Å². The third-order valence-corrected chi connectivity index (χ3v) is 4.92. The van der Waals surface area contributed by atoms with Gasteiger partial charge in [0.15, 0.2) is 0 Å². The Morgan fingerprint density at radius 1 is 1.56 bits per heavy atom. The van der Waals surface area contributed by atoms with Gasteiger partial charge in [0.05, 0.1) is 18.3 Å². The maximum atomic E-state index is 10.4. The van der Waals surface area contributed by atoms with Crippen LogP contribution in [0.1, 0.15) is 32.1 Å². The first-order chi connectivity index (χ1) is 7.73. The van der Waals surface area contributed by atoms with Gasteiger partial charge in [-0.3, -0.25) is 0 Å². The summed E-state index contributed by atoms with van der Waals surface area (Å²) < 4.78 is 5.86. The van der Waals surface area contributed by atoms with Gasteiger partial charge in [-0.05, 0) is 44.1 Å². The first kappa shape index (κ1) is 12.7. The molecule has 2 fully saturated rings. The average molecular weight is 245 g/mol. The molecule has 0 radical (unpaired) electrons. The number of fused-ring (bicyclic) bond motifs is 2. The lowest BCUT2D eigenvalue weighted by atomic mass is 9.69. The van der Waals surface area contributed by atoms with Gasteiger partial charge in [-0.15, -0.1) is 0 Å². The van der Waals surface area contributed by atoms with E-state index in [4.69, 9.17) is 10.5 Å². The van der Waals surface area contributed by atoms with Crippen LogP contribution in [0.4, 0.5) is 0 Å². The molecule has 0 spiro atoms. The average Bonchev–Trinajstić information content (AvgIpc) is 2.89. The summed E-state index contributed by atoms with van der Waals surface area (Å²) in [5, 5.41) is 10.4. The molecule has 0 aromatic heterocycles. The zero-order valence-corrected chi connectivity index (χ0v) is 10.8. The molecule has 0 saturated carbocycles. The Hall–Kier alpha value is 0.230. The largest absolute Gasteiger partial charge is 0.392 e. The van der Waals surface area contributed by atoms with Crippen LogP contribution in [-0.2, 0) is 4.74 Å². The molecule has 0 aromatic rings. The fourth-order valence-corrected chi connectivity index (χ4v) is 3.70. The van der Waals surface area contributed by atoms with E-state index < -0.39 is 0 Å². The zero-order valence-electron chi connectivity index (χ0n) is 10.0. The fraction of sp³-hybridized carbons (Fsp3) is 1.00. The van der Waals surface area contributed by atoms with Crippen LogP contribution in [0.25, 0.3) is 0 Å². The van der Waals surface area contributed by atoms with Gasteiger partial charge in [-0.2, -0.15) is 11.8 Å². The van der Waals surface area contributed by atoms with E-state index in [1.54, 1.807) is 0 Å². The first-order valence-corrected chi connectivity index (χ1v) is 7.65. The predicted octanol–water partition coefficient (Wildman–Crippen LogP) is 1.39. The molecule has 0 aromatic carbocycles. The van der Waals surface area contributed by atoms with E-state index in [0.29, 0.717) is 12.6 Å². The van der Waals surface area contributed by atoms with Gasteiger partial charge in [0, 0.05) is 12.0 Å². The smallest absolute Gasteiger partial charge is 0.0673 e. The van der Waals surface area contributed by atoms with E-state index in [-0.39, 0.29) is 17.6 Å². The molecule has 4 unspecified atom stereocenters. The molecule has 2 heterocycles. The van der Waals surface area contributed by atoms with Crippen LogP contribution in [0.15, 0.2) is 0 Å². The lowest BCUT2D eigenvalue weighted by Crippen LogP contribution is -2.48. The highest BCUT2D eigenvalue weighted by atomic mass is 32.2. The molecule has 0 aliphatic carbocycles.